The molecule has 3 aromatic rings. The topological polar surface area (TPSA) is 111 Å². The van der Waals surface area contributed by atoms with Gasteiger partial charge >= 0.3 is 5.97 Å². The number of rotatable bonds is 7. The second kappa shape index (κ2) is 8.91. The Balaban J connectivity index is 1.55. The fourth-order valence-electron chi connectivity index (χ4n) is 3.84. The molecule has 1 aliphatic heterocycles. The third kappa shape index (κ3) is 4.33. The van der Waals surface area contributed by atoms with Crippen molar-refractivity contribution in [3.05, 3.63) is 62.9 Å². The lowest BCUT2D eigenvalue weighted by atomic mass is 10.1. The van der Waals surface area contributed by atoms with Crippen molar-refractivity contribution in [1.82, 2.24) is 9.55 Å². The van der Waals surface area contributed by atoms with E-state index in [1.54, 1.807) is 34.9 Å². The highest BCUT2D eigenvalue weighted by atomic mass is 35.5. The highest BCUT2D eigenvalue weighted by molar-refractivity contribution is 6.31. The summed E-state index contributed by atoms with van der Waals surface area (Å²) in [7, 11) is 0. The molecule has 0 radical (unpaired) electrons. The fraction of sp³-hybridized carbons (Fsp3) is 0.333. The van der Waals surface area contributed by atoms with Gasteiger partial charge in [-0.3, -0.25) is 10.1 Å². The molecule has 0 bridgehead atoms. The van der Waals surface area contributed by atoms with Crippen molar-refractivity contribution in [2.24, 2.45) is 0 Å². The van der Waals surface area contributed by atoms with Gasteiger partial charge in [0.15, 0.2) is 0 Å². The quantitative estimate of drug-likeness (QED) is 0.337. The lowest BCUT2D eigenvalue weighted by Crippen LogP contribution is -2.19. The van der Waals surface area contributed by atoms with E-state index in [4.69, 9.17) is 16.3 Å². The van der Waals surface area contributed by atoms with Gasteiger partial charge in [-0.25, -0.2) is 9.78 Å². The van der Waals surface area contributed by atoms with Crippen LogP contribution in [0.1, 0.15) is 29.0 Å². The van der Waals surface area contributed by atoms with Crippen LogP contribution in [0, 0.1) is 10.1 Å². The minimum atomic E-state index is -0.684. The predicted molar refractivity (Wildman–Crippen MR) is 115 cm³/mol. The third-order valence-electron chi connectivity index (χ3n) is 5.30. The summed E-state index contributed by atoms with van der Waals surface area (Å²) in [5.41, 5.74) is 1.88. The van der Waals surface area contributed by atoms with Crippen molar-refractivity contribution in [2.75, 3.05) is 24.6 Å². The number of fused-ring (bicyclic) bond motifs is 1. The minimum absolute atomic E-state index is 0.0995. The summed E-state index contributed by atoms with van der Waals surface area (Å²) in [5, 5.41) is 21.5. The van der Waals surface area contributed by atoms with Crippen LogP contribution in [-0.4, -0.2) is 45.2 Å². The van der Waals surface area contributed by atoms with Gasteiger partial charge in [0.05, 0.1) is 28.1 Å². The molecule has 1 saturated heterocycles. The first-order valence-electron chi connectivity index (χ1n) is 9.94. The number of ether oxygens (including phenoxy) is 1. The number of carbonyl (C=O) groups excluding carboxylic acids is 1. The van der Waals surface area contributed by atoms with E-state index < -0.39 is 10.9 Å². The zero-order chi connectivity index (χ0) is 22.0. The molecular formula is C21H21ClN4O5. The van der Waals surface area contributed by atoms with E-state index in [2.05, 4.69) is 4.98 Å². The molecule has 2 aromatic carbocycles. The molecule has 1 aromatic heterocycles. The molecule has 0 unspecified atom stereocenters. The molecule has 9 nitrogen and oxygen atoms in total. The average molecular weight is 445 g/mol. The Morgan fingerprint density at radius 2 is 2.00 bits per heavy atom. The molecular weight excluding hydrogens is 424 g/mol. The van der Waals surface area contributed by atoms with E-state index in [9.17, 15) is 20.0 Å². The standard InChI is InChI=1S/C21H21ClN4O5/c22-15-4-5-16-18(12-15)25(9-10-27)20(23-16)13-31-21(28)14-3-6-17(19(11-14)26(29)30)24-7-1-2-8-24/h3-6,11-12,27H,1-2,7-10,13H2. The molecule has 162 valence electrons. The Morgan fingerprint density at radius 3 is 2.71 bits per heavy atom. The Morgan fingerprint density at radius 1 is 1.23 bits per heavy atom. The van der Waals surface area contributed by atoms with Crippen LogP contribution in [-0.2, 0) is 17.9 Å². The van der Waals surface area contributed by atoms with Crippen molar-refractivity contribution in [1.29, 1.82) is 0 Å². The summed E-state index contributed by atoms with van der Waals surface area (Å²) in [4.78, 5) is 30.1. The number of imidazole rings is 1. The first-order valence-corrected chi connectivity index (χ1v) is 10.3. The molecule has 0 atom stereocenters. The molecule has 0 amide bonds. The number of nitro benzene ring substituents is 1. The molecule has 4 rings (SSSR count). The molecule has 0 aliphatic carbocycles. The van der Waals surface area contributed by atoms with Crippen LogP contribution in [0.25, 0.3) is 11.0 Å². The Kier molecular flexibility index (Phi) is 6.06. The van der Waals surface area contributed by atoms with Gasteiger partial charge in [-0.1, -0.05) is 11.6 Å². The lowest BCUT2D eigenvalue weighted by Gasteiger charge is -2.17. The van der Waals surface area contributed by atoms with Gasteiger partial charge in [0.2, 0.25) is 0 Å². The normalized spacial score (nSPS) is 13.7. The van der Waals surface area contributed by atoms with E-state index in [1.165, 1.54) is 6.07 Å². The molecule has 2 heterocycles. The van der Waals surface area contributed by atoms with Gasteiger partial charge in [0, 0.05) is 30.7 Å². The number of halogens is 1. The monoisotopic (exact) mass is 444 g/mol. The van der Waals surface area contributed by atoms with Crippen molar-refractivity contribution in [2.45, 2.75) is 26.0 Å². The van der Waals surface area contributed by atoms with Crippen LogP contribution in [0.4, 0.5) is 11.4 Å². The number of hydrogen-bond donors (Lipinski definition) is 1. The summed E-state index contributed by atoms with van der Waals surface area (Å²) < 4.78 is 7.12. The highest BCUT2D eigenvalue weighted by Crippen LogP contribution is 2.32. The van der Waals surface area contributed by atoms with E-state index in [0.29, 0.717) is 22.1 Å². The van der Waals surface area contributed by atoms with Gasteiger partial charge in [-0.15, -0.1) is 0 Å². The lowest BCUT2D eigenvalue weighted by molar-refractivity contribution is -0.384. The molecule has 31 heavy (non-hydrogen) atoms. The van der Waals surface area contributed by atoms with Crippen LogP contribution < -0.4 is 4.90 Å². The van der Waals surface area contributed by atoms with Crippen molar-refractivity contribution >= 4 is 40.0 Å². The summed E-state index contributed by atoms with van der Waals surface area (Å²) in [5.74, 6) is -0.237. The highest BCUT2D eigenvalue weighted by Gasteiger charge is 2.24. The Hall–Kier alpha value is -3.17. The second-order valence-corrected chi connectivity index (χ2v) is 7.70. The number of aliphatic hydroxyl groups is 1. The fourth-order valence-corrected chi connectivity index (χ4v) is 4.01. The number of nitro groups is 1. The Labute approximate surface area is 183 Å². The van der Waals surface area contributed by atoms with Crippen LogP contribution in [0.5, 0.6) is 0 Å². The summed E-state index contributed by atoms with van der Waals surface area (Å²) in [6.07, 6.45) is 1.97. The molecule has 0 spiro atoms. The van der Waals surface area contributed by atoms with E-state index >= 15 is 0 Å². The third-order valence-corrected chi connectivity index (χ3v) is 5.53. The number of anilines is 1. The van der Waals surface area contributed by atoms with Gasteiger partial charge in [0.1, 0.15) is 18.1 Å². The smallest absolute Gasteiger partial charge is 0.338 e. The molecule has 0 saturated carbocycles. The van der Waals surface area contributed by atoms with Crippen LogP contribution >= 0.6 is 11.6 Å². The number of aromatic nitrogens is 2. The molecule has 1 N–H and O–H groups in total. The van der Waals surface area contributed by atoms with E-state index in [0.717, 1.165) is 31.4 Å². The maximum absolute atomic E-state index is 12.6. The van der Waals surface area contributed by atoms with Crippen molar-refractivity contribution < 1.29 is 19.6 Å². The van der Waals surface area contributed by atoms with Crippen LogP contribution in [0.15, 0.2) is 36.4 Å². The van der Waals surface area contributed by atoms with Crippen LogP contribution in [0.2, 0.25) is 5.02 Å². The molecule has 1 aliphatic rings. The average Bonchev–Trinajstić information content (AvgIpc) is 3.40. The number of carbonyl (C=O) groups is 1. The second-order valence-electron chi connectivity index (χ2n) is 7.27. The largest absolute Gasteiger partial charge is 0.454 e. The maximum atomic E-state index is 12.6. The van der Waals surface area contributed by atoms with Gasteiger partial charge in [-0.05, 0) is 43.2 Å². The first kappa shape index (κ1) is 21.1. The predicted octanol–water partition coefficient (Wildman–Crippen LogP) is 3.55. The number of nitrogens with zero attached hydrogens (tertiary/aromatic N) is 4. The van der Waals surface area contributed by atoms with Gasteiger partial charge in [-0.2, -0.15) is 0 Å². The first-order chi connectivity index (χ1) is 15.0. The molecule has 1 fully saturated rings. The number of aliphatic hydroxyl groups excluding tert-OH is 1. The van der Waals surface area contributed by atoms with Crippen molar-refractivity contribution in [3.63, 3.8) is 0 Å². The zero-order valence-electron chi connectivity index (χ0n) is 16.7. The zero-order valence-corrected chi connectivity index (χ0v) is 17.4. The number of esters is 1. The number of hydrogen-bond acceptors (Lipinski definition) is 7. The van der Waals surface area contributed by atoms with Gasteiger partial charge in [0.25, 0.3) is 5.69 Å². The minimum Gasteiger partial charge on any atom is -0.454 e. The molecule has 10 heteroatoms. The number of benzene rings is 2. The summed E-state index contributed by atoms with van der Waals surface area (Å²) in [6.45, 7) is 1.51. The van der Waals surface area contributed by atoms with Crippen molar-refractivity contribution in [3.8, 4) is 0 Å². The van der Waals surface area contributed by atoms with Gasteiger partial charge < -0.3 is 19.3 Å². The SMILES string of the molecule is O=C(OCc1nc2ccc(Cl)cc2n1CCO)c1ccc(N2CCCC2)c([N+](=O)[O-])c1. The maximum Gasteiger partial charge on any atom is 0.338 e. The Bertz CT molecular complexity index is 1140. The summed E-state index contributed by atoms with van der Waals surface area (Å²) in [6, 6.07) is 9.58. The van der Waals surface area contributed by atoms with E-state index in [1.807, 2.05) is 4.90 Å². The van der Waals surface area contributed by atoms with E-state index in [-0.39, 0.29) is 31.0 Å². The summed E-state index contributed by atoms with van der Waals surface area (Å²) >= 11 is 6.06. The van der Waals surface area contributed by atoms with Crippen LogP contribution in [0.3, 0.4) is 0 Å².